The van der Waals surface area contributed by atoms with Crippen LogP contribution in [0.1, 0.15) is 25.7 Å². The van der Waals surface area contributed by atoms with Gasteiger partial charge in [0.25, 0.3) is 0 Å². The van der Waals surface area contributed by atoms with Gasteiger partial charge in [0, 0.05) is 20.1 Å². The zero-order chi connectivity index (χ0) is 9.42. The molecular weight excluding hydrogens is 164 g/mol. The maximum absolute atomic E-state index is 11.4. The van der Waals surface area contributed by atoms with Gasteiger partial charge in [-0.05, 0) is 37.5 Å². The molecule has 0 radical (unpaired) electrons. The van der Waals surface area contributed by atoms with E-state index in [4.69, 9.17) is 0 Å². The van der Waals surface area contributed by atoms with Crippen LogP contribution in [0.25, 0.3) is 0 Å². The van der Waals surface area contributed by atoms with E-state index in [-0.39, 0.29) is 6.03 Å². The van der Waals surface area contributed by atoms with Gasteiger partial charge in [-0.3, -0.25) is 0 Å². The fourth-order valence-electron chi connectivity index (χ4n) is 1.80. The highest BCUT2D eigenvalue weighted by molar-refractivity contribution is 5.74. The van der Waals surface area contributed by atoms with Crippen molar-refractivity contribution >= 4 is 6.03 Å². The molecule has 0 aromatic heterocycles. The Morgan fingerprint density at radius 1 is 1.23 bits per heavy atom. The average molecular weight is 182 g/mol. The van der Waals surface area contributed by atoms with Gasteiger partial charge in [-0.15, -0.1) is 0 Å². The van der Waals surface area contributed by atoms with E-state index < -0.39 is 0 Å². The summed E-state index contributed by atoms with van der Waals surface area (Å²) in [6, 6.07) is 0.554. The lowest BCUT2D eigenvalue weighted by atomic mass is 10.1. The molecule has 0 atom stereocenters. The van der Waals surface area contributed by atoms with Crippen LogP contribution in [-0.4, -0.2) is 31.1 Å². The molecule has 0 aromatic rings. The second kappa shape index (κ2) is 3.20. The van der Waals surface area contributed by atoms with Crippen LogP contribution in [0.4, 0.5) is 4.79 Å². The average Bonchev–Trinajstić information content (AvgIpc) is 2.90. The van der Waals surface area contributed by atoms with Crippen LogP contribution in [-0.2, 0) is 0 Å². The van der Waals surface area contributed by atoms with Crippen molar-refractivity contribution in [2.75, 3.05) is 14.1 Å². The van der Waals surface area contributed by atoms with E-state index in [1.165, 1.54) is 25.7 Å². The molecule has 13 heavy (non-hydrogen) atoms. The Morgan fingerprint density at radius 3 is 2.00 bits per heavy atom. The SMILES string of the molecule is CN(C)C(=O)NC(C1CC1)C1CC1. The van der Waals surface area contributed by atoms with Crippen LogP contribution in [0.15, 0.2) is 0 Å². The van der Waals surface area contributed by atoms with Gasteiger partial charge in [0.15, 0.2) is 0 Å². The molecule has 3 nitrogen and oxygen atoms in total. The van der Waals surface area contributed by atoms with Gasteiger partial charge >= 0.3 is 6.03 Å². The molecule has 74 valence electrons. The maximum atomic E-state index is 11.4. The van der Waals surface area contributed by atoms with Gasteiger partial charge in [0.05, 0.1) is 0 Å². The molecule has 0 unspecified atom stereocenters. The molecule has 2 rings (SSSR count). The van der Waals surface area contributed by atoms with E-state index in [1.807, 2.05) is 0 Å². The number of hydrogen-bond donors (Lipinski definition) is 1. The predicted molar refractivity (Wildman–Crippen MR) is 51.5 cm³/mol. The van der Waals surface area contributed by atoms with E-state index in [0.717, 1.165) is 11.8 Å². The highest BCUT2D eigenvalue weighted by Crippen LogP contribution is 2.44. The number of hydrogen-bond acceptors (Lipinski definition) is 1. The zero-order valence-electron chi connectivity index (χ0n) is 8.42. The molecule has 0 bridgehead atoms. The Morgan fingerprint density at radius 2 is 1.69 bits per heavy atom. The molecule has 0 aromatic carbocycles. The lowest BCUT2D eigenvalue weighted by Crippen LogP contribution is -2.43. The van der Waals surface area contributed by atoms with Crippen molar-refractivity contribution in [3.63, 3.8) is 0 Å². The number of carbonyl (C=O) groups is 1. The molecule has 0 aliphatic heterocycles. The Kier molecular flexibility index (Phi) is 2.18. The highest BCUT2D eigenvalue weighted by Gasteiger charge is 2.42. The van der Waals surface area contributed by atoms with Crippen LogP contribution < -0.4 is 5.32 Å². The van der Waals surface area contributed by atoms with Crippen molar-refractivity contribution in [2.24, 2.45) is 11.8 Å². The Hall–Kier alpha value is -0.730. The summed E-state index contributed by atoms with van der Waals surface area (Å²) in [5, 5.41) is 3.13. The van der Waals surface area contributed by atoms with Crippen molar-refractivity contribution < 1.29 is 4.79 Å². The summed E-state index contributed by atoms with van der Waals surface area (Å²) in [6.07, 6.45) is 5.26. The first-order valence-corrected chi connectivity index (χ1v) is 5.16. The molecule has 2 amide bonds. The summed E-state index contributed by atoms with van der Waals surface area (Å²) in [6.45, 7) is 0. The smallest absolute Gasteiger partial charge is 0.317 e. The maximum Gasteiger partial charge on any atom is 0.317 e. The number of amides is 2. The molecule has 0 spiro atoms. The first kappa shape index (κ1) is 8.85. The summed E-state index contributed by atoms with van der Waals surface area (Å²) in [7, 11) is 3.60. The van der Waals surface area contributed by atoms with Crippen LogP contribution in [0.2, 0.25) is 0 Å². The third-order valence-corrected chi connectivity index (χ3v) is 2.96. The zero-order valence-corrected chi connectivity index (χ0v) is 8.42. The quantitative estimate of drug-likeness (QED) is 0.704. The number of rotatable bonds is 3. The minimum atomic E-state index is 0.0730. The third-order valence-electron chi connectivity index (χ3n) is 2.96. The van der Waals surface area contributed by atoms with Crippen molar-refractivity contribution in [1.29, 1.82) is 0 Å². The number of nitrogens with zero attached hydrogens (tertiary/aromatic N) is 1. The summed E-state index contributed by atoms with van der Waals surface area (Å²) in [5.41, 5.74) is 0. The number of nitrogens with one attached hydrogen (secondary N) is 1. The van der Waals surface area contributed by atoms with E-state index in [1.54, 1.807) is 19.0 Å². The van der Waals surface area contributed by atoms with Crippen molar-refractivity contribution in [1.82, 2.24) is 10.2 Å². The summed E-state index contributed by atoms with van der Waals surface area (Å²) in [5.74, 6) is 1.58. The first-order valence-electron chi connectivity index (χ1n) is 5.16. The van der Waals surface area contributed by atoms with Crippen LogP contribution in [0, 0.1) is 11.8 Å². The van der Waals surface area contributed by atoms with E-state index in [0.29, 0.717) is 6.04 Å². The van der Waals surface area contributed by atoms with Crippen LogP contribution >= 0.6 is 0 Å². The molecule has 0 heterocycles. The van der Waals surface area contributed by atoms with Crippen LogP contribution in [0.3, 0.4) is 0 Å². The second-order valence-corrected chi connectivity index (χ2v) is 4.54. The standard InChI is InChI=1S/C10H18N2O/c1-12(2)10(13)11-9(7-3-4-7)8-5-6-8/h7-9H,3-6H2,1-2H3,(H,11,13). The van der Waals surface area contributed by atoms with E-state index >= 15 is 0 Å². The van der Waals surface area contributed by atoms with Crippen molar-refractivity contribution in [3.05, 3.63) is 0 Å². The fourth-order valence-corrected chi connectivity index (χ4v) is 1.80. The topological polar surface area (TPSA) is 32.3 Å². The summed E-state index contributed by atoms with van der Waals surface area (Å²) < 4.78 is 0. The Balaban J connectivity index is 1.85. The summed E-state index contributed by atoms with van der Waals surface area (Å²) in [4.78, 5) is 13.1. The number of urea groups is 1. The van der Waals surface area contributed by atoms with Gasteiger partial charge in [-0.1, -0.05) is 0 Å². The lowest BCUT2D eigenvalue weighted by molar-refractivity contribution is 0.209. The predicted octanol–water partition coefficient (Wildman–Crippen LogP) is 1.45. The first-order chi connectivity index (χ1) is 6.18. The van der Waals surface area contributed by atoms with Gasteiger partial charge in [-0.2, -0.15) is 0 Å². The number of carbonyl (C=O) groups excluding carboxylic acids is 1. The van der Waals surface area contributed by atoms with E-state index in [2.05, 4.69) is 5.32 Å². The highest BCUT2D eigenvalue weighted by atomic mass is 16.2. The third kappa shape index (κ3) is 2.14. The molecule has 2 fully saturated rings. The normalized spacial score (nSPS) is 21.8. The molecular formula is C10H18N2O. The van der Waals surface area contributed by atoms with E-state index in [9.17, 15) is 4.79 Å². The fraction of sp³-hybridized carbons (Fsp3) is 0.900. The van der Waals surface area contributed by atoms with Gasteiger partial charge in [-0.25, -0.2) is 4.79 Å². The van der Waals surface area contributed by atoms with Gasteiger partial charge in [0.2, 0.25) is 0 Å². The molecule has 2 aliphatic rings. The Bertz CT molecular complexity index is 195. The molecule has 2 saturated carbocycles. The minimum absolute atomic E-state index is 0.0730. The molecule has 3 heteroatoms. The largest absolute Gasteiger partial charge is 0.335 e. The van der Waals surface area contributed by atoms with Gasteiger partial charge < -0.3 is 10.2 Å². The molecule has 0 saturated heterocycles. The monoisotopic (exact) mass is 182 g/mol. The molecule has 2 aliphatic carbocycles. The second-order valence-electron chi connectivity index (χ2n) is 4.54. The van der Waals surface area contributed by atoms with Gasteiger partial charge in [0.1, 0.15) is 0 Å². The van der Waals surface area contributed by atoms with Crippen molar-refractivity contribution in [3.8, 4) is 0 Å². The lowest BCUT2D eigenvalue weighted by Gasteiger charge is -2.20. The Labute approximate surface area is 79.5 Å². The van der Waals surface area contributed by atoms with Crippen molar-refractivity contribution in [2.45, 2.75) is 31.7 Å². The minimum Gasteiger partial charge on any atom is -0.335 e. The summed E-state index contributed by atoms with van der Waals surface area (Å²) >= 11 is 0. The van der Waals surface area contributed by atoms with Crippen LogP contribution in [0.5, 0.6) is 0 Å². The molecule has 1 N–H and O–H groups in total.